The van der Waals surface area contributed by atoms with Crippen LogP contribution in [-0.2, 0) is 4.79 Å². The van der Waals surface area contributed by atoms with E-state index in [2.05, 4.69) is 0 Å². The summed E-state index contributed by atoms with van der Waals surface area (Å²) in [4.78, 5) is 16.7. The third-order valence-corrected chi connectivity index (χ3v) is 5.72. The number of nitrogens with zero attached hydrogens (tertiary/aromatic N) is 2. The van der Waals surface area contributed by atoms with Gasteiger partial charge >= 0.3 is 0 Å². The Morgan fingerprint density at radius 2 is 1.94 bits per heavy atom. The maximum Gasteiger partial charge on any atom is 0.246 e. The number of anilines is 1. The molecule has 0 radical (unpaired) electrons. The minimum atomic E-state index is -0.230. The number of fused-ring (bicyclic) bond motifs is 1. The van der Waals surface area contributed by atoms with Gasteiger partial charge in [0.25, 0.3) is 0 Å². The molecule has 1 aliphatic rings. The lowest BCUT2D eigenvalue weighted by Crippen LogP contribution is -2.48. The van der Waals surface area contributed by atoms with E-state index >= 15 is 0 Å². The predicted molar refractivity (Wildman–Crippen MR) is 121 cm³/mol. The molecule has 2 heterocycles. The molecule has 1 aromatic heterocycles. The van der Waals surface area contributed by atoms with E-state index in [-0.39, 0.29) is 11.7 Å². The Labute approximate surface area is 181 Å². The van der Waals surface area contributed by atoms with E-state index in [1.807, 2.05) is 48.8 Å². The zero-order valence-corrected chi connectivity index (χ0v) is 18.2. The molecule has 5 nitrogen and oxygen atoms in total. The van der Waals surface area contributed by atoms with Crippen LogP contribution in [0, 0.1) is 12.7 Å². The highest BCUT2D eigenvalue weighted by atomic mass is 19.1. The second-order valence-electron chi connectivity index (χ2n) is 7.79. The van der Waals surface area contributed by atoms with Crippen molar-refractivity contribution in [1.29, 1.82) is 0 Å². The third kappa shape index (κ3) is 4.29. The molecule has 0 spiro atoms. The normalized spacial score (nSPS) is 14.9. The van der Waals surface area contributed by atoms with Crippen LogP contribution < -0.4 is 9.64 Å². The molecule has 31 heavy (non-hydrogen) atoms. The molecule has 6 heteroatoms. The van der Waals surface area contributed by atoms with Crippen molar-refractivity contribution in [2.45, 2.75) is 20.8 Å². The van der Waals surface area contributed by atoms with Crippen LogP contribution in [0.4, 0.5) is 10.1 Å². The van der Waals surface area contributed by atoms with Gasteiger partial charge in [0.2, 0.25) is 5.91 Å². The molecule has 1 fully saturated rings. The first-order valence-corrected chi connectivity index (χ1v) is 10.6. The molecule has 0 bridgehead atoms. The molecule has 4 rings (SSSR count). The van der Waals surface area contributed by atoms with Gasteiger partial charge < -0.3 is 19.0 Å². The second-order valence-corrected chi connectivity index (χ2v) is 7.79. The minimum absolute atomic E-state index is 0.0443. The second kappa shape index (κ2) is 8.84. The first-order chi connectivity index (χ1) is 15.0. The quantitative estimate of drug-likeness (QED) is 0.541. The summed E-state index contributed by atoms with van der Waals surface area (Å²) in [5, 5.41) is 1.01. The van der Waals surface area contributed by atoms with Gasteiger partial charge in [0.1, 0.15) is 17.1 Å². The fourth-order valence-corrected chi connectivity index (χ4v) is 4.00. The first-order valence-electron chi connectivity index (χ1n) is 10.6. The molecule has 162 valence electrons. The van der Waals surface area contributed by atoms with Gasteiger partial charge in [-0.3, -0.25) is 4.79 Å². The summed E-state index contributed by atoms with van der Waals surface area (Å²) in [7, 11) is 0. The summed E-state index contributed by atoms with van der Waals surface area (Å²) in [6.45, 7) is 8.68. The van der Waals surface area contributed by atoms with Crippen molar-refractivity contribution in [3.63, 3.8) is 0 Å². The molecule has 1 amide bonds. The number of rotatable bonds is 5. The fraction of sp³-hybridized carbons (Fsp3) is 0.320. The van der Waals surface area contributed by atoms with Crippen LogP contribution in [0.1, 0.15) is 25.0 Å². The van der Waals surface area contributed by atoms with E-state index in [0.717, 1.165) is 27.7 Å². The number of hydrogen-bond donors (Lipinski definition) is 0. The summed E-state index contributed by atoms with van der Waals surface area (Å²) in [6.07, 6.45) is 3.39. The van der Waals surface area contributed by atoms with E-state index in [4.69, 9.17) is 9.15 Å². The van der Waals surface area contributed by atoms with Crippen molar-refractivity contribution in [2.75, 3.05) is 37.7 Å². The van der Waals surface area contributed by atoms with Crippen molar-refractivity contribution in [1.82, 2.24) is 4.90 Å². The van der Waals surface area contributed by atoms with Crippen molar-refractivity contribution >= 4 is 28.1 Å². The van der Waals surface area contributed by atoms with Gasteiger partial charge in [-0.05, 0) is 50.1 Å². The largest absolute Gasteiger partial charge is 0.493 e. The molecule has 0 unspecified atom stereocenters. The molecule has 1 aliphatic heterocycles. The Balaban J connectivity index is 1.51. The minimum Gasteiger partial charge on any atom is -0.493 e. The van der Waals surface area contributed by atoms with Gasteiger partial charge in [-0.2, -0.15) is 0 Å². The Hall–Kier alpha value is -3.28. The van der Waals surface area contributed by atoms with E-state index in [0.29, 0.717) is 44.2 Å². The lowest BCUT2D eigenvalue weighted by molar-refractivity contribution is -0.126. The van der Waals surface area contributed by atoms with Crippen LogP contribution in [0.25, 0.3) is 16.5 Å². The molecule has 0 aliphatic carbocycles. The zero-order valence-electron chi connectivity index (χ0n) is 18.2. The summed E-state index contributed by atoms with van der Waals surface area (Å²) >= 11 is 0. The number of benzene rings is 2. The molecule has 2 aromatic carbocycles. The van der Waals surface area contributed by atoms with Crippen molar-refractivity contribution in [3.8, 4) is 5.75 Å². The van der Waals surface area contributed by atoms with Crippen molar-refractivity contribution < 1.29 is 18.3 Å². The average Bonchev–Trinajstić information content (AvgIpc) is 3.13. The monoisotopic (exact) mass is 422 g/mol. The Bertz CT molecular complexity index is 1130. The first kappa shape index (κ1) is 21.0. The van der Waals surface area contributed by atoms with E-state index in [9.17, 15) is 9.18 Å². The number of piperazine rings is 1. The number of aryl methyl sites for hydroxylation is 1. The Kier molecular flexibility index (Phi) is 5.98. The van der Waals surface area contributed by atoms with Crippen LogP contribution in [0.3, 0.4) is 0 Å². The van der Waals surface area contributed by atoms with Gasteiger partial charge in [-0.1, -0.05) is 12.1 Å². The van der Waals surface area contributed by atoms with Crippen LogP contribution in [-0.4, -0.2) is 43.6 Å². The lowest BCUT2D eigenvalue weighted by Gasteiger charge is -2.35. The number of carbonyl (C=O) groups excluding carboxylic acids is 1. The Morgan fingerprint density at radius 3 is 2.65 bits per heavy atom. The van der Waals surface area contributed by atoms with E-state index in [1.165, 1.54) is 6.07 Å². The maximum absolute atomic E-state index is 14.1. The third-order valence-electron chi connectivity index (χ3n) is 5.72. The number of amides is 1. The SMILES string of the molecule is CCOc1cc2occ(C)c2cc1/C(C)=C/C(=O)N1CCN(c2ccccc2F)CC1. The smallest absolute Gasteiger partial charge is 0.246 e. The van der Waals surface area contributed by atoms with Crippen LogP contribution in [0.2, 0.25) is 0 Å². The number of furan rings is 1. The van der Waals surface area contributed by atoms with Crippen molar-refractivity contribution in [2.24, 2.45) is 0 Å². The molecular weight excluding hydrogens is 395 g/mol. The summed E-state index contributed by atoms with van der Waals surface area (Å²) in [5.41, 5.74) is 4.13. The van der Waals surface area contributed by atoms with Crippen LogP contribution in [0.15, 0.2) is 53.2 Å². The Morgan fingerprint density at radius 1 is 1.19 bits per heavy atom. The summed E-state index contributed by atoms with van der Waals surface area (Å²) in [5.74, 6) is 0.429. The number of carbonyl (C=O) groups is 1. The molecule has 0 saturated carbocycles. The number of allylic oxidation sites excluding steroid dienone is 1. The number of halogens is 1. The van der Waals surface area contributed by atoms with Gasteiger partial charge in [0.05, 0.1) is 18.6 Å². The lowest BCUT2D eigenvalue weighted by atomic mass is 10.0. The molecule has 1 saturated heterocycles. The van der Waals surface area contributed by atoms with E-state index < -0.39 is 0 Å². The van der Waals surface area contributed by atoms with Gasteiger partial charge in [0.15, 0.2) is 0 Å². The predicted octanol–water partition coefficient (Wildman–Crippen LogP) is 5.03. The molecule has 0 atom stereocenters. The van der Waals surface area contributed by atoms with Gasteiger partial charge in [-0.15, -0.1) is 0 Å². The number of hydrogen-bond acceptors (Lipinski definition) is 4. The highest BCUT2D eigenvalue weighted by Gasteiger charge is 2.22. The standard InChI is InChI=1S/C25H27FN2O3/c1-4-30-23-15-24-20(18(3)16-31-24)14-19(23)17(2)13-25(29)28-11-9-27(10-12-28)22-8-6-5-7-21(22)26/h5-8,13-16H,4,9-12H2,1-3H3/b17-13+. The molecular formula is C25H27FN2O3. The number of para-hydroxylation sites is 1. The van der Waals surface area contributed by atoms with Gasteiger partial charge in [-0.25, -0.2) is 4.39 Å². The molecule has 3 aromatic rings. The van der Waals surface area contributed by atoms with Gasteiger partial charge in [0, 0.05) is 49.3 Å². The zero-order chi connectivity index (χ0) is 22.0. The molecule has 0 N–H and O–H groups in total. The topological polar surface area (TPSA) is 45.9 Å². The maximum atomic E-state index is 14.1. The average molecular weight is 423 g/mol. The fourth-order valence-electron chi connectivity index (χ4n) is 4.00. The van der Waals surface area contributed by atoms with Crippen LogP contribution >= 0.6 is 0 Å². The summed E-state index contributed by atoms with van der Waals surface area (Å²) in [6, 6.07) is 10.7. The number of ether oxygens (including phenoxy) is 1. The van der Waals surface area contributed by atoms with Crippen molar-refractivity contribution in [3.05, 3.63) is 65.7 Å². The highest BCUT2D eigenvalue weighted by Crippen LogP contribution is 2.33. The summed E-state index contributed by atoms with van der Waals surface area (Å²) < 4.78 is 25.5. The van der Waals surface area contributed by atoms with Crippen LogP contribution in [0.5, 0.6) is 5.75 Å². The highest BCUT2D eigenvalue weighted by molar-refractivity contribution is 5.97. The van der Waals surface area contributed by atoms with E-state index in [1.54, 1.807) is 24.5 Å².